The lowest BCUT2D eigenvalue weighted by atomic mass is 10.0. The zero-order chi connectivity index (χ0) is 15.4. The highest BCUT2D eigenvalue weighted by Crippen LogP contribution is 2.24. The number of carbonyl (C=O) groups excluding carboxylic acids is 1. The van der Waals surface area contributed by atoms with E-state index in [1.807, 2.05) is 48.7 Å². The summed E-state index contributed by atoms with van der Waals surface area (Å²) in [4.78, 5) is 19.4. The molecule has 0 fully saturated rings. The molecule has 0 aliphatic carbocycles. The van der Waals surface area contributed by atoms with Crippen molar-refractivity contribution in [3.8, 4) is 22.3 Å². The molecule has 1 amide bonds. The Kier molecular flexibility index (Phi) is 3.89. The van der Waals surface area contributed by atoms with E-state index in [2.05, 4.69) is 9.97 Å². The molecule has 0 bridgehead atoms. The maximum Gasteiger partial charge on any atom is 0.293 e. The highest BCUT2D eigenvalue weighted by Gasteiger charge is 2.07. The molecule has 0 saturated carbocycles. The number of nitrogens with zero attached hydrogens (tertiary/aromatic N) is 2. The second-order valence-electron chi connectivity index (χ2n) is 4.69. The Bertz CT molecular complexity index is 787. The van der Waals surface area contributed by atoms with Crippen LogP contribution in [0, 0.1) is 0 Å². The van der Waals surface area contributed by atoms with Crippen LogP contribution in [0.4, 0.5) is 0 Å². The predicted molar refractivity (Wildman–Crippen MR) is 82.2 cm³/mol. The molecular weight excluding hydrogens is 278 g/mol. The van der Waals surface area contributed by atoms with Crippen LogP contribution in [0.1, 0.15) is 10.5 Å². The number of aromatic nitrogens is 2. The van der Waals surface area contributed by atoms with Crippen molar-refractivity contribution in [2.24, 2.45) is 0 Å². The topological polar surface area (TPSA) is 75.1 Å². The van der Waals surface area contributed by atoms with Crippen LogP contribution in [0.15, 0.2) is 67.1 Å². The molecule has 0 spiro atoms. The minimum Gasteiger partial charge on any atom is -0.288 e. The van der Waals surface area contributed by atoms with E-state index in [-0.39, 0.29) is 5.69 Å². The molecule has 0 aliphatic rings. The zero-order valence-electron chi connectivity index (χ0n) is 11.6. The molecule has 3 rings (SSSR count). The third-order valence-electron chi connectivity index (χ3n) is 3.31. The van der Waals surface area contributed by atoms with E-state index in [1.54, 1.807) is 17.7 Å². The summed E-state index contributed by atoms with van der Waals surface area (Å²) in [5.74, 6) is -0.631. The van der Waals surface area contributed by atoms with E-state index in [0.29, 0.717) is 0 Å². The predicted octanol–water partition coefficient (Wildman–Crippen LogP) is 2.93. The van der Waals surface area contributed by atoms with Crippen molar-refractivity contribution in [2.75, 3.05) is 0 Å². The molecular formula is C17H13N3O2. The summed E-state index contributed by atoms with van der Waals surface area (Å²) >= 11 is 0. The van der Waals surface area contributed by atoms with Crippen LogP contribution in [0.3, 0.4) is 0 Å². The molecule has 1 aromatic carbocycles. The average Bonchev–Trinajstić information content (AvgIpc) is 2.62. The fourth-order valence-corrected chi connectivity index (χ4v) is 2.18. The highest BCUT2D eigenvalue weighted by atomic mass is 16.5. The number of amides is 1. The van der Waals surface area contributed by atoms with Crippen LogP contribution in [0.25, 0.3) is 22.3 Å². The molecule has 3 aromatic rings. The van der Waals surface area contributed by atoms with Crippen molar-refractivity contribution in [3.05, 3.63) is 72.8 Å². The van der Waals surface area contributed by atoms with Gasteiger partial charge in [0.05, 0.1) is 0 Å². The number of hydrogen-bond acceptors (Lipinski definition) is 4. The number of hydrogen-bond donors (Lipinski definition) is 2. The highest BCUT2D eigenvalue weighted by molar-refractivity contribution is 5.92. The van der Waals surface area contributed by atoms with Crippen LogP contribution >= 0.6 is 0 Å². The minimum absolute atomic E-state index is 0.163. The van der Waals surface area contributed by atoms with Gasteiger partial charge in [-0.3, -0.25) is 20.0 Å². The molecule has 0 radical (unpaired) electrons. The summed E-state index contributed by atoms with van der Waals surface area (Å²) in [6.07, 6.45) is 5.09. The van der Waals surface area contributed by atoms with Crippen LogP contribution in [0.5, 0.6) is 0 Å². The molecule has 5 nitrogen and oxygen atoms in total. The molecule has 2 aromatic heterocycles. The maximum atomic E-state index is 11.4. The minimum atomic E-state index is -0.631. The molecule has 2 N–H and O–H groups in total. The quantitative estimate of drug-likeness (QED) is 0.574. The lowest BCUT2D eigenvalue weighted by Crippen LogP contribution is -2.19. The standard InChI is InChI=1S/C17H13N3O2/c21-17(20-22)16-10-14(7-9-19-16)12-3-5-13(6-4-12)15-2-1-8-18-11-15/h1-11,22H,(H,20,21). The SMILES string of the molecule is O=C(NO)c1cc(-c2ccc(-c3cccnc3)cc2)ccn1. The van der Waals surface area contributed by atoms with Gasteiger partial charge in [-0.1, -0.05) is 30.3 Å². The summed E-state index contributed by atoms with van der Waals surface area (Å²) in [6, 6.07) is 15.3. The summed E-state index contributed by atoms with van der Waals surface area (Å²) in [5.41, 5.74) is 5.67. The van der Waals surface area contributed by atoms with Crippen molar-refractivity contribution in [1.82, 2.24) is 15.4 Å². The van der Waals surface area contributed by atoms with Crippen molar-refractivity contribution in [1.29, 1.82) is 0 Å². The van der Waals surface area contributed by atoms with Crippen molar-refractivity contribution < 1.29 is 10.0 Å². The molecule has 108 valence electrons. The Balaban J connectivity index is 1.92. The number of nitrogens with one attached hydrogen (secondary N) is 1. The Morgan fingerprint density at radius 1 is 0.909 bits per heavy atom. The summed E-state index contributed by atoms with van der Waals surface area (Å²) in [7, 11) is 0. The van der Waals surface area contributed by atoms with Gasteiger partial charge in [0.25, 0.3) is 5.91 Å². The average molecular weight is 291 g/mol. The van der Waals surface area contributed by atoms with Gasteiger partial charge in [-0.25, -0.2) is 5.48 Å². The number of hydroxylamine groups is 1. The van der Waals surface area contributed by atoms with Gasteiger partial charge in [0, 0.05) is 18.6 Å². The summed E-state index contributed by atoms with van der Waals surface area (Å²) in [6.45, 7) is 0. The summed E-state index contributed by atoms with van der Waals surface area (Å²) < 4.78 is 0. The number of pyridine rings is 2. The second-order valence-corrected chi connectivity index (χ2v) is 4.69. The first-order valence-electron chi connectivity index (χ1n) is 6.69. The molecule has 0 unspecified atom stereocenters. The van der Waals surface area contributed by atoms with E-state index in [4.69, 9.17) is 5.21 Å². The van der Waals surface area contributed by atoms with Crippen molar-refractivity contribution in [2.45, 2.75) is 0 Å². The second kappa shape index (κ2) is 6.15. The fraction of sp³-hybridized carbons (Fsp3) is 0. The van der Waals surface area contributed by atoms with Crippen LogP contribution < -0.4 is 5.48 Å². The van der Waals surface area contributed by atoms with E-state index in [0.717, 1.165) is 22.3 Å². The van der Waals surface area contributed by atoms with Crippen LogP contribution in [-0.2, 0) is 0 Å². The van der Waals surface area contributed by atoms with Crippen molar-refractivity contribution >= 4 is 5.91 Å². The first kappa shape index (κ1) is 13.9. The van der Waals surface area contributed by atoms with E-state index >= 15 is 0 Å². The zero-order valence-corrected chi connectivity index (χ0v) is 11.6. The van der Waals surface area contributed by atoms with Crippen LogP contribution in [-0.4, -0.2) is 21.1 Å². The normalized spacial score (nSPS) is 10.2. The first-order valence-corrected chi connectivity index (χ1v) is 6.69. The smallest absolute Gasteiger partial charge is 0.288 e. The number of carbonyl (C=O) groups is 1. The van der Waals surface area contributed by atoms with Crippen molar-refractivity contribution in [3.63, 3.8) is 0 Å². The third kappa shape index (κ3) is 2.84. The van der Waals surface area contributed by atoms with E-state index < -0.39 is 5.91 Å². The third-order valence-corrected chi connectivity index (χ3v) is 3.31. The Morgan fingerprint density at radius 3 is 2.27 bits per heavy atom. The first-order chi connectivity index (χ1) is 10.8. The number of rotatable bonds is 3. The Hall–Kier alpha value is -3.05. The van der Waals surface area contributed by atoms with E-state index in [9.17, 15) is 4.79 Å². The van der Waals surface area contributed by atoms with Gasteiger partial charge in [0.1, 0.15) is 5.69 Å². The van der Waals surface area contributed by atoms with Gasteiger partial charge in [-0.15, -0.1) is 0 Å². The van der Waals surface area contributed by atoms with Gasteiger partial charge in [0.15, 0.2) is 0 Å². The molecule has 0 aliphatic heterocycles. The monoisotopic (exact) mass is 291 g/mol. The molecule has 5 heteroatoms. The molecule has 2 heterocycles. The molecule has 0 saturated heterocycles. The lowest BCUT2D eigenvalue weighted by molar-refractivity contribution is 0.0701. The largest absolute Gasteiger partial charge is 0.293 e. The molecule has 22 heavy (non-hydrogen) atoms. The van der Waals surface area contributed by atoms with Crippen LogP contribution in [0.2, 0.25) is 0 Å². The maximum absolute atomic E-state index is 11.4. The molecule has 0 atom stereocenters. The van der Waals surface area contributed by atoms with Gasteiger partial charge >= 0.3 is 0 Å². The van der Waals surface area contributed by atoms with Gasteiger partial charge in [-0.05, 0) is 40.5 Å². The number of benzene rings is 1. The fourth-order valence-electron chi connectivity index (χ4n) is 2.18. The van der Waals surface area contributed by atoms with E-state index in [1.165, 1.54) is 6.20 Å². The van der Waals surface area contributed by atoms with Gasteiger partial charge < -0.3 is 0 Å². The Morgan fingerprint density at radius 2 is 1.64 bits per heavy atom. The van der Waals surface area contributed by atoms with Gasteiger partial charge in [0.2, 0.25) is 0 Å². The van der Waals surface area contributed by atoms with Gasteiger partial charge in [-0.2, -0.15) is 0 Å². The Labute approximate surface area is 127 Å². The lowest BCUT2D eigenvalue weighted by Gasteiger charge is -2.06. The summed E-state index contributed by atoms with van der Waals surface area (Å²) in [5, 5.41) is 8.67.